The third kappa shape index (κ3) is 8.04. The first-order chi connectivity index (χ1) is 13.3. The van der Waals surface area contributed by atoms with E-state index in [1.54, 1.807) is 12.2 Å². The molecule has 2 saturated carbocycles. The second-order valence-electron chi connectivity index (χ2n) is 8.70. The van der Waals surface area contributed by atoms with Crippen molar-refractivity contribution in [1.29, 1.82) is 0 Å². The molecule has 4 atom stereocenters. The lowest BCUT2D eigenvalue weighted by atomic mass is 9.63. The zero-order chi connectivity index (χ0) is 21.0. The SMILES string of the molecule is CC1(C)CC(N=C=O)CC(C)(CN=C=O)C1.O=C=NC1CCCCC1N=C=O. The molecule has 2 rings (SSSR count). The first-order valence-corrected chi connectivity index (χ1v) is 9.54. The van der Waals surface area contributed by atoms with Gasteiger partial charge < -0.3 is 0 Å². The van der Waals surface area contributed by atoms with Crippen LogP contribution >= 0.6 is 0 Å². The summed E-state index contributed by atoms with van der Waals surface area (Å²) in [5.41, 5.74) is 0.0561. The van der Waals surface area contributed by atoms with Gasteiger partial charge in [-0.1, -0.05) is 33.6 Å². The van der Waals surface area contributed by atoms with Gasteiger partial charge in [0.1, 0.15) is 0 Å². The summed E-state index contributed by atoms with van der Waals surface area (Å²) in [4.78, 5) is 55.2. The molecule has 8 nitrogen and oxygen atoms in total. The number of aliphatic imine (C=N–C) groups is 4. The van der Waals surface area contributed by atoms with Gasteiger partial charge in [0.25, 0.3) is 0 Å². The van der Waals surface area contributed by atoms with Gasteiger partial charge in [0.2, 0.25) is 24.3 Å². The van der Waals surface area contributed by atoms with Gasteiger partial charge >= 0.3 is 0 Å². The van der Waals surface area contributed by atoms with Crippen molar-refractivity contribution in [1.82, 2.24) is 0 Å². The first-order valence-electron chi connectivity index (χ1n) is 9.54. The van der Waals surface area contributed by atoms with Crippen LogP contribution in [0.1, 0.15) is 65.7 Å². The van der Waals surface area contributed by atoms with Gasteiger partial charge in [-0.05, 0) is 42.9 Å². The van der Waals surface area contributed by atoms with Crippen LogP contribution < -0.4 is 0 Å². The highest BCUT2D eigenvalue weighted by molar-refractivity contribution is 5.36. The molecule has 0 amide bonds. The highest BCUT2D eigenvalue weighted by atomic mass is 16.1. The van der Waals surface area contributed by atoms with E-state index in [9.17, 15) is 19.2 Å². The van der Waals surface area contributed by atoms with Gasteiger partial charge in [0.05, 0.1) is 24.7 Å². The van der Waals surface area contributed by atoms with E-state index >= 15 is 0 Å². The Morgan fingerprint density at radius 1 is 0.786 bits per heavy atom. The fourth-order valence-corrected chi connectivity index (χ4v) is 4.62. The molecule has 0 bridgehead atoms. The van der Waals surface area contributed by atoms with Crippen molar-refractivity contribution in [2.24, 2.45) is 30.8 Å². The van der Waals surface area contributed by atoms with E-state index in [4.69, 9.17) is 0 Å². The number of rotatable bonds is 5. The number of hydrogen-bond acceptors (Lipinski definition) is 8. The monoisotopic (exact) mass is 388 g/mol. The van der Waals surface area contributed by atoms with Gasteiger partial charge in [-0.15, -0.1) is 0 Å². The Bertz CT molecular complexity index is 686. The molecule has 2 fully saturated rings. The van der Waals surface area contributed by atoms with E-state index in [2.05, 4.69) is 40.7 Å². The van der Waals surface area contributed by atoms with Crippen LogP contribution in [0, 0.1) is 10.8 Å². The summed E-state index contributed by atoms with van der Waals surface area (Å²) in [5.74, 6) is 0. The molecule has 0 spiro atoms. The smallest absolute Gasteiger partial charge is 0.211 e. The summed E-state index contributed by atoms with van der Waals surface area (Å²) < 4.78 is 0. The molecular weight excluding hydrogens is 360 g/mol. The Hall–Kier alpha value is -2.48. The maximum atomic E-state index is 10.3. The molecule has 28 heavy (non-hydrogen) atoms. The summed E-state index contributed by atoms with van der Waals surface area (Å²) in [6.07, 6.45) is 12.6. The third-order valence-electron chi connectivity index (χ3n) is 5.31. The number of isocyanates is 4. The predicted octanol–water partition coefficient (Wildman–Crippen LogP) is 3.21. The molecule has 0 N–H and O–H groups in total. The highest BCUT2D eigenvalue weighted by Gasteiger charge is 2.41. The Labute approximate surface area is 165 Å². The third-order valence-corrected chi connectivity index (χ3v) is 5.31. The van der Waals surface area contributed by atoms with Crippen molar-refractivity contribution in [3.63, 3.8) is 0 Å². The van der Waals surface area contributed by atoms with Gasteiger partial charge in [-0.3, -0.25) is 0 Å². The molecule has 8 heteroatoms. The molecule has 0 radical (unpaired) electrons. The fraction of sp³-hybridized carbons (Fsp3) is 0.800. The minimum absolute atomic E-state index is 0.00750. The van der Waals surface area contributed by atoms with E-state index < -0.39 is 0 Å². The summed E-state index contributed by atoms with van der Waals surface area (Å²) in [6, 6.07) is -0.275. The average Bonchev–Trinajstić information content (AvgIpc) is 2.61. The van der Waals surface area contributed by atoms with Crippen LogP contribution in [0.5, 0.6) is 0 Å². The van der Waals surface area contributed by atoms with Crippen LogP contribution in [0.25, 0.3) is 0 Å². The van der Waals surface area contributed by atoms with Crippen molar-refractivity contribution in [2.45, 2.75) is 83.8 Å². The summed E-state index contributed by atoms with van der Waals surface area (Å²) >= 11 is 0. The van der Waals surface area contributed by atoms with Gasteiger partial charge in [0.15, 0.2) is 0 Å². The molecule has 0 aromatic heterocycles. The molecule has 2 aliphatic carbocycles. The lowest BCUT2D eigenvalue weighted by Crippen LogP contribution is -2.39. The molecule has 0 heterocycles. The van der Waals surface area contributed by atoms with Crippen molar-refractivity contribution in [3.8, 4) is 0 Å². The zero-order valence-electron chi connectivity index (χ0n) is 16.8. The molecular formula is C20H28N4O4. The van der Waals surface area contributed by atoms with E-state index in [0.717, 1.165) is 44.9 Å². The van der Waals surface area contributed by atoms with Crippen molar-refractivity contribution >= 4 is 24.3 Å². The highest BCUT2D eigenvalue weighted by Crippen LogP contribution is 2.47. The van der Waals surface area contributed by atoms with E-state index in [0.29, 0.717) is 6.54 Å². The molecule has 152 valence electrons. The normalized spacial score (nSPS) is 30.6. The van der Waals surface area contributed by atoms with E-state index in [-0.39, 0.29) is 29.0 Å². The van der Waals surface area contributed by atoms with Crippen molar-refractivity contribution in [2.75, 3.05) is 6.54 Å². The van der Waals surface area contributed by atoms with Crippen LogP contribution in [-0.2, 0) is 19.2 Å². The van der Waals surface area contributed by atoms with E-state index in [1.807, 2.05) is 0 Å². The van der Waals surface area contributed by atoms with E-state index in [1.165, 1.54) is 12.2 Å². The number of hydrogen-bond donors (Lipinski definition) is 0. The van der Waals surface area contributed by atoms with Gasteiger partial charge in [-0.25, -0.2) is 39.1 Å². The van der Waals surface area contributed by atoms with Crippen LogP contribution in [0.15, 0.2) is 20.0 Å². The Morgan fingerprint density at radius 3 is 1.79 bits per heavy atom. The minimum Gasteiger partial charge on any atom is -0.211 e. The standard InChI is InChI=1S/C12H18N2O2.C8H10N2O2/c1-11(2)4-10(14-9-16)5-12(3,6-11)7-13-8-15;11-5-9-7-3-1-2-4-8(7)10-6-12/h10H,4-7H2,1-3H3;7-8H,1-4H2. The van der Waals surface area contributed by atoms with Crippen molar-refractivity contribution in [3.05, 3.63) is 0 Å². The molecule has 0 saturated heterocycles. The lowest BCUT2D eigenvalue weighted by Gasteiger charge is -2.44. The molecule has 0 aromatic rings. The molecule has 4 unspecified atom stereocenters. The molecule has 0 aromatic carbocycles. The lowest BCUT2D eigenvalue weighted by molar-refractivity contribution is 0.0915. The van der Waals surface area contributed by atoms with Crippen LogP contribution in [0.2, 0.25) is 0 Å². The summed E-state index contributed by atoms with van der Waals surface area (Å²) in [6.45, 7) is 6.86. The average molecular weight is 388 g/mol. The second kappa shape index (κ2) is 11.4. The van der Waals surface area contributed by atoms with Crippen molar-refractivity contribution < 1.29 is 19.2 Å². The van der Waals surface area contributed by atoms with Gasteiger partial charge in [-0.2, -0.15) is 0 Å². The van der Waals surface area contributed by atoms with Crippen LogP contribution in [0.3, 0.4) is 0 Å². The first kappa shape index (κ1) is 23.6. The Kier molecular flexibility index (Phi) is 9.58. The number of carbonyl (C=O) groups excluding carboxylic acids is 4. The predicted molar refractivity (Wildman–Crippen MR) is 103 cm³/mol. The minimum atomic E-state index is -0.141. The second-order valence-corrected chi connectivity index (χ2v) is 8.70. The van der Waals surface area contributed by atoms with Crippen LogP contribution in [0.4, 0.5) is 0 Å². The fourth-order valence-electron chi connectivity index (χ4n) is 4.62. The topological polar surface area (TPSA) is 118 Å². The maximum absolute atomic E-state index is 10.3. The summed E-state index contributed by atoms with van der Waals surface area (Å²) in [7, 11) is 0. The largest absolute Gasteiger partial charge is 0.235 e. The zero-order valence-corrected chi connectivity index (χ0v) is 16.8. The summed E-state index contributed by atoms with van der Waals surface area (Å²) in [5, 5.41) is 0. The van der Waals surface area contributed by atoms with Crippen LogP contribution in [-0.4, -0.2) is 49.0 Å². The maximum Gasteiger partial charge on any atom is 0.235 e. The van der Waals surface area contributed by atoms with Gasteiger partial charge in [0, 0.05) is 0 Å². The number of nitrogens with zero attached hydrogens (tertiary/aromatic N) is 4. The molecule has 0 aliphatic heterocycles. The Morgan fingerprint density at radius 2 is 1.32 bits per heavy atom. The Balaban J connectivity index is 0.000000292. The quantitative estimate of drug-likeness (QED) is 0.531. The molecule has 2 aliphatic rings.